The standard InChI is InChI=1S/C9H18N2O2/c1-6(2)8(5-12)10-11-9(13)7(3)4/h6-7,12H,5H2,1-4H3,(H,11,13)/b10-8+. The van der Waals surface area contributed by atoms with Gasteiger partial charge in [0.1, 0.15) is 0 Å². The van der Waals surface area contributed by atoms with Crippen molar-refractivity contribution in [2.75, 3.05) is 6.61 Å². The Morgan fingerprint density at radius 2 is 1.85 bits per heavy atom. The maximum Gasteiger partial charge on any atom is 0.242 e. The van der Waals surface area contributed by atoms with E-state index in [-0.39, 0.29) is 24.3 Å². The third-order valence-corrected chi connectivity index (χ3v) is 1.66. The highest BCUT2D eigenvalue weighted by Gasteiger charge is 2.07. The Kier molecular flexibility index (Phi) is 5.30. The molecule has 0 fully saturated rings. The largest absolute Gasteiger partial charge is 0.390 e. The second-order valence-electron chi connectivity index (χ2n) is 3.55. The maximum absolute atomic E-state index is 11.1. The van der Waals surface area contributed by atoms with E-state index in [0.717, 1.165) is 0 Å². The van der Waals surface area contributed by atoms with E-state index in [2.05, 4.69) is 10.5 Å². The molecule has 0 heterocycles. The van der Waals surface area contributed by atoms with Crippen LogP contribution in [0.15, 0.2) is 5.10 Å². The summed E-state index contributed by atoms with van der Waals surface area (Å²) in [6.45, 7) is 7.29. The van der Waals surface area contributed by atoms with Crippen LogP contribution in [0, 0.1) is 11.8 Å². The summed E-state index contributed by atoms with van der Waals surface area (Å²) in [5.74, 6) is -0.0695. The van der Waals surface area contributed by atoms with Crippen molar-refractivity contribution in [2.45, 2.75) is 27.7 Å². The highest BCUT2D eigenvalue weighted by atomic mass is 16.3. The minimum absolute atomic E-state index is 0.0872. The molecule has 0 aromatic heterocycles. The molecule has 0 aromatic carbocycles. The van der Waals surface area contributed by atoms with Gasteiger partial charge < -0.3 is 5.11 Å². The van der Waals surface area contributed by atoms with Crippen LogP contribution in [0.1, 0.15) is 27.7 Å². The molecule has 0 aromatic rings. The first kappa shape index (κ1) is 12.1. The zero-order chi connectivity index (χ0) is 10.4. The minimum atomic E-state index is -0.133. The molecule has 76 valence electrons. The van der Waals surface area contributed by atoms with Gasteiger partial charge in [-0.25, -0.2) is 5.43 Å². The highest BCUT2D eigenvalue weighted by Crippen LogP contribution is 1.96. The van der Waals surface area contributed by atoms with Crippen molar-refractivity contribution in [3.8, 4) is 0 Å². The molecule has 1 amide bonds. The maximum atomic E-state index is 11.1. The number of hydrogen-bond donors (Lipinski definition) is 2. The van der Waals surface area contributed by atoms with Crippen LogP contribution >= 0.6 is 0 Å². The Bertz CT molecular complexity index is 198. The number of rotatable bonds is 4. The van der Waals surface area contributed by atoms with Gasteiger partial charge in [-0.15, -0.1) is 0 Å². The number of amides is 1. The van der Waals surface area contributed by atoms with Crippen molar-refractivity contribution in [2.24, 2.45) is 16.9 Å². The second kappa shape index (κ2) is 5.70. The van der Waals surface area contributed by atoms with Gasteiger partial charge in [0.25, 0.3) is 0 Å². The fourth-order valence-corrected chi connectivity index (χ4v) is 0.603. The van der Waals surface area contributed by atoms with Crippen LogP contribution < -0.4 is 5.43 Å². The summed E-state index contributed by atoms with van der Waals surface area (Å²) in [4.78, 5) is 11.1. The molecule has 0 aliphatic carbocycles. The summed E-state index contributed by atoms with van der Waals surface area (Å²) in [6, 6.07) is 0. The Balaban J connectivity index is 4.15. The predicted octanol–water partition coefficient (Wildman–Crippen LogP) is 0.763. The van der Waals surface area contributed by atoms with E-state index in [1.165, 1.54) is 0 Å². The first-order valence-electron chi connectivity index (χ1n) is 4.46. The number of nitrogens with zero attached hydrogens (tertiary/aromatic N) is 1. The Morgan fingerprint density at radius 3 is 2.15 bits per heavy atom. The van der Waals surface area contributed by atoms with Gasteiger partial charge in [0.05, 0.1) is 12.3 Å². The van der Waals surface area contributed by atoms with Gasteiger partial charge in [-0.2, -0.15) is 5.10 Å². The average Bonchev–Trinajstić information content (AvgIpc) is 2.04. The third kappa shape index (κ3) is 4.62. The van der Waals surface area contributed by atoms with Crippen LogP contribution in [0.3, 0.4) is 0 Å². The number of hydrogen-bond acceptors (Lipinski definition) is 3. The van der Waals surface area contributed by atoms with E-state index >= 15 is 0 Å². The molecule has 0 radical (unpaired) electrons. The van der Waals surface area contributed by atoms with E-state index in [1.807, 2.05) is 13.8 Å². The zero-order valence-corrected chi connectivity index (χ0v) is 8.66. The fourth-order valence-electron chi connectivity index (χ4n) is 0.603. The zero-order valence-electron chi connectivity index (χ0n) is 8.66. The number of nitrogens with one attached hydrogen (secondary N) is 1. The lowest BCUT2D eigenvalue weighted by Crippen LogP contribution is -2.26. The molecule has 0 saturated heterocycles. The van der Waals surface area contributed by atoms with Gasteiger partial charge in [0.2, 0.25) is 5.91 Å². The first-order chi connectivity index (χ1) is 5.99. The third-order valence-electron chi connectivity index (χ3n) is 1.66. The molecule has 13 heavy (non-hydrogen) atoms. The van der Waals surface area contributed by atoms with E-state index in [9.17, 15) is 4.79 Å². The molecule has 0 aliphatic heterocycles. The van der Waals surface area contributed by atoms with Gasteiger partial charge >= 0.3 is 0 Å². The molecule has 4 nitrogen and oxygen atoms in total. The van der Waals surface area contributed by atoms with Crippen molar-refractivity contribution < 1.29 is 9.90 Å². The minimum Gasteiger partial charge on any atom is -0.390 e. The first-order valence-corrected chi connectivity index (χ1v) is 4.46. The monoisotopic (exact) mass is 186 g/mol. The molecule has 0 bridgehead atoms. The van der Waals surface area contributed by atoms with Gasteiger partial charge in [-0.05, 0) is 5.92 Å². The number of carbonyl (C=O) groups is 1. The van der Waals surface area contributed by atoms with E-state index in [0.29, 0.717) is 5.71 Å². The fraction of sp³-hybridized carbons (Fsp3) is 0.778. The molecule has 0 unspecified atom stereocenters. The Morgan fingerprint density at radius 1 is 1.31 bits per heavy atom. The van der Waals surface area contributed by atoms with Gasteiger partial charge in [-0.1, -0.05) is 27.7 Å². The molecule has 0 saturated carbocycles. The molecular weight excluding hydrogens is 168 g/mol. The number of aliphatic hydroxyl groups excluding tert-OH is 1. The normalized spacial score (nSPS) is 12.4. The molecule has 4 heteroatoms. The molecule has 0 rings (SSSR count). The lowest BCUT2D eigenvalue weighted by atomic mass is 10.1. The van der Waals surface area contributed by atoms with E-state index in [4.69, 9.17) is 5.11 Å². The number of carbonyl (C=O) groups excluding carboxylic acids is 1. The van der Waals surface area contributed by atoms with Crippen LogP contribution in [0.25, 0.3) is 0 Å². The molecular formula is C9H18N2O2. The predicted molar refractivity (Wildman–Crippen MR) is 52.3 cm³/mol. The molecule has 0 atom stereocenters. The van der Waals surface area contributed by atoms with Crippen molar-refractivity contribution in [1.29, 1.82) is 0 Å². The summed E-state index contributed by atoms with van der Waals surface area (Å²) in [5.41, 5.74) is 3.00. The molecule has 0 aliphatic rings. The van der Waals surface area contributed by atoms with Crippen molar-refractivity contribution in [1.82, 2.24) is 5.43 Å². The quantitative estimate of drug-likeness (QED) is 0.503. The Labute approximate surface area is 79.0 Å². The topological polar surface area (TPSA) is 61.7 Å². The Hall–Kier alpha value is -0.900. The molecule has 0 spiro atoms. The van der Waals surface area contributed by atoms with Crippen LogP contribution in [0.4, 0.5) is 0 Å². The van der Waals surface area contributed by atoms with Gasteiger partial charge in [-0.3, -0.25) is 4.79 Å². The average molecular weight is 186 g/mol. The van der Waals surface area contributed by atoms with Crippen LogP contribution in [-0.2, 0) is 4.79 Å². The lowest BCUT2D eigenvalue weighted by Gasteiger charge is -2.08. The molecule has 2 N–H and O–H groups in total. The van der Waals surface area contributed by atoms with Gasteiger partial charge in [0, 0.05) is 5.92 Å². The van der Waals surface area contributed by atoms with Crippen LogP contribution in [0.2, 0.25) is 0 Å². The second-order valence-corrected chi connectivity index (χ2v) is 3.55. The number of hydrazone groups is 1. The number of aliphatic hydroxyl groups is 1. The smallest absolute Gasteiger partial charge is 0.242 e. The van der Waals surface area contributed by atoms with Crippen molar-refractivity contribution >= 4 is 11.6 Å². The summed E-state index contributed by atoms with van der Waals surface area (Å²) in [7, 11) is 0. The van der Waals surface area contributed by atoms with Crippen LogP contribution in [-0.4, -0.2) is 23.3 Å². The van der Waals surface area contributed by atoms with Crippen molar-refractivity contribution in [3.63, 3.8) is 0 Å². The summed E-state index contributed by atoms with van der Waals surface area (Å²) >= 11 is 0. The van der Waals surface area contributed by atoms with Gasteiger partial charge in [0.15, 0.2) is 0 Å². The SMILES string of the molecule is CC(C)C(=O)N/N=C(\CO)C(C)C. The summed E-state index contributed by atoms with van der Waals surface area (Å²) in [5, 5.41) is 12.7. The summed E-state index contributed by atoms with van der Waals surface area (Å²) < 4.78 is 0. The lowest BCUT2D eigenvalue weighted by molar-refractivity contribution is -0.123. The highest BCUT2D eigenvalue weighted by molar-refractivity contribution is 5.88. The van der Waals surface area contributed by atoms with E-state index < -0.39 is 0 Å². The van der Waals surface area contributed by atoms with E-state index in [1.54, 1.807) is 13.8 Å². The summed E-state index contributed by atoms with van der Waals surface area (Å²) in [6.07, 6.45) is 0. The van der Waals surface area contributed by atoms with Crippen LogP contribution in [0.5, 0.6) is 0 Å². The van der Waals surface area contributed by atoms with Crippen molar-refractivity contribution in [3.05, 3.63) is 0 Å².